The standard InChI is InChI=1S/C18H26N2O7/c1-5-8-19-18(23)20-15(21)11-27-16(22)7-6-12-9-13(24-2)17(26-4)14(10-12)25-3/h9-10H,5-8,11H2,1-4H3,(H2,19,20,21,23). The first-order valence-corrected chi connectivity index (χ1v) is 8.47. The van der Waals surface area contributed by atoms with Crippen LogP contribution in [0.15, 0.2) is 12.1 Å². The van der Waals surface area contributed by atoms with Gasteiger partial charge in [0.25, 0.3) is 5.91 Å². The van der Waals surface area contributed by atoms with E-state index in [0.717, 1.165) is 12.0 Å². The summed E-state index contributed by atoms with van der Waals surface area (Å²) in [6.07, 6.45) is 1.15. The van der Waals surface area contributed by atoms with Gasteiger partial charge >= 0.3 is 12.0 Å². The maximum Gasteiger partial charge on any atom is 0.321 e. The predicted molar refractivity (Wildman–Crippen MR) is 97.2 cm³/mol. The second-order valence-corrected chi connectivity index (χ2v) is 5.50. The van der Waals surface area contributed by atoms with Gasteiger partial charge in [0, 0.05) is 13.0 Å². The minimum Gasteiger partial charge on any atom is -0.493 e. The zero-order valence-electron chi connectivity index (χ0n) is 16.0. The van der Waals surface area contributed by atoms with Crippen LogP contribution >= 0.6 is 0 Å². The Morgan fingerprint density at radius 3 is 2.15 bits per heavy atom. The number of imide groups is 1. The van der Waals surface area contributed by atoms with Gasteiger partial charge in [-0.05, 0) is 30.5 Å². The van der Waals surface area contributed by atoms with Crippen molar-refractivity contribution in [3.8, 4) is 17.2 Å². The largest absolute Gasteiger partial charge is 0.493 e. The van der Waals surface area contributed by atoms with Crippen molar-refractivity contribution in [2.45, 2.75) is 26.2 Å². The summed E-state index contributed by atoms with van der Waals surface area (Å²) in [5.41, 5.74) is 0.782. The van der Waals surface area contributed by atoms with Crippen molar-refractivity contribution in [1.82, 2.24) is 10.6 Å². The maximum absolute atomic E-state index is 11.8. The Kier molecular flexibility index (Phi) is 9.49. The fourth-order valence-electron chi connectivity index (χ4n) is 2.19. The van der Waals surface area contributed by atoms with Crippen LogP contribution in [0.3, 0.4) is 0 Å². The van der Waals surface area contributed by atoms with E-state index in [9.17, 15) is 14.4 Å². The summed E-state index contributed by atoms with van der Waals surface area (Å²) >= 11 is 0. The molecule has 0 atom stereocenters. The summed E-state index contributed by atoms with van der Waals surface area (Å²) in [6.45, 7) is 1.82. The number of carbonyl (C=O) groups excluding carboxylic acids is 3. The van der Waals surface area contributed by atoms with Crippen LogP contribution in [-0.4, -0.2) is 52.4 Å². The first kappa shape index (κ1) is 22.1. The lowest BCUT2D eigenvalue weighted by atomic mass is 10.1. The molecule has 0 bridgehead atoms. The summed E-state index contributed by atoms with van der Waals surface area (Å²) in [5.74, 6) is 0.178. The van der Waals surface area contributed by atoms with Crippen LogP contribution in [0.4, 0.5) is 4.79 Å². The van der Waals surface area contributed by atoms with Crippen molar-refractivity contribution < 1.29 is 33.3 Å². The number of esters is 1. The van der Waals surface area contributed by atoms with Crippen molar-refractivity contribution in [1.29, 1.82) is 0 Å². The lowest BCUT2D eigenvalue weighted by Gasteiger charge is -2.14. The molecule has 1 rings (SSSR count). The normalized spacial score (nSPS) is 9.93. The lowest BCUT2D eigenvalue weighted by molar-refractivity contribution is -0.148. The molecule has 0 aliphatic carbocycles. The fourth-order valence-corrected chi connectivity index (χ4v) is 2.19. The molecule has 3 amide bonds. The molecular weight excluding hydrogens is 356 g/mol. The number of methoxy groups -OCH3 is 3. The molecule has 27 heavy (non-hydrogen) atoms. The number of carbonyl (C=O) groups is 3. The third-order valence-electron chi connectivity index (χ3n) is 3.50. The molecule has 1 aromatic rings. The lowest BCUT2D eigenvalue weighted by Crippen LogP contribution is -2.41. The molecule has 0 unspecified atom stereocenters. The number of hydrogen-bond acceptors (Lipinski definition) is 7. The quantitative estimate of drug-likeness (QED) is 0.589. The van der Waals surface area contributed by atoms with E-state index in [1.165, 1.54) is 21.3 Å². The molecule has 1 aromatic carbocycles. The predicted octanol–water partition coefficient (Wildman–Crippen LogP) is 1.42. The van der Waals surface area contributed by atoms with Gasteiger partial charge in [0.2, 0.25) is 5.75 Å². The van der Waals surface area contributed by atoms with E-state index >= 15 is 0 Å². The van der Waals surface area contributed by atoms with Gasteiger partial charge < -0.3 is 24.3 Å². The number of hydrogen-bond donors (Lipinski definition) is 2. The van der Waals surface area contributed by atoms with Gasteiger partial charge in [-0.25, -0.2) is 4.79 Å². The molecule has 9 nitrogen and oxygen atoms in total. The molecule has 0 saturated heterocycles. The molecular formula is C18H26N2O7. The van der Waals surface area contributed by atoms with Gasteiger partial charge in [0.05, 0.1) is 21.3 Å². The highest BCUT2D eigenvalue weighted by atomic mass is 16.5. The van der Waals surface area contributed by atoms with Crippen LogP contribution in [0, 0.1) is 0 Å². The van der Waals surface area contributed by atoms with Crippen molar-refractivity contribution in [2.24, 2.45) is 0 Å². The minimum atomic E-state index is -0.690. The Labute approximate surface area is 158 Å². The van der Waals surface area contributed by atoms with E-state index in [1.807, 2.05) is 6.92 Å². The molecule has 0 radical (unpaired) electrons. The minimum absolute atomic E-state index is 0.0496. The summed E-state index contributed by atoms with van der Waals surface area (Å²) < 4.78 is 20.6. The second-order valence-electron chi connectivity index (χ2n) is 5.50. The molecule has 0 aliphatic rings. The first-order chi connectivity index (χ1) is 12.9. The van der Waals surface area contributed by atoms with E-state index in [0.29, 0.717) is 30.2 Å². The van der Waals surface area contributed by atoms with Crippen LogP contribution in [-0.2, 0) is 20.7 Å². The molecule has 0 spiro atoms. The summed E-state index contributed by atoms with van der Waals surface area (Å²) in [5, 5.41) is 4.56. The van der Waals surface area contributed by atoms with E-state index < -0.39 is 24.5 Å². The molecule has 0 aliphatic heterocycles. The summed E-state index contributed by atoms with van der Waals surface area (Å²) in [6, 6.07) is 2.86. The van der Waals surface area contributed by atoms with Crippen LogP contribution in [0.2, 0.25) is 0 Å². The van der Waals surface area contributed by atoms with E-state index in [2.05, 4.69) is 10.6 Å². The number of rotatable bonds is 10. The average Bonchev–Trinajstić information content (AvgIpc) is 2.67. The zero-order valence-corrected chi connectivity index (χ0v) is 16.0. The molecule has 2 N–H and O–H groups in total. The van der Waals surface area contributed by atoms with Gasteiger partial charge in [-0.2, -0.15) is 0 Å². The van der Waals surface area contributed by atoms with Gasteiger partial charge in [0.1, 0.15) is 0 Å². The molecule has 0 fully saturated rings. The number of ether oxygens (including phenoxy) is 4. The fraction of sp³-hybridized carbons (Fsp3) is 0.500. The molecule has 0 saturated carbocycles. The number of benzene rings is 1. The molecule has 9 heteroatoms. The molecule has 0 aromatic heterocycles. The Morgan fingerprint density at radius 1 is 1.00 bits per heavy atom. The average molecular weight is 382 g/mol. The third kappa shape index (κ3) is 7.43. The van der Waals surface area contributed by atoms with Gasteiger partial charge in [-0.1, -0.05) is 6.92 Å². The zero-order chi connectivity index (χ0) is 20.2. The van der Waals surface area contributed by atoms with Crippen molar-refractivity contribution in [3.05, 3.63) is 17.7 Å². The highest BCUT2D eigenvalue weighted by molar-refractivity contribution is 5.95. The van der Waals surface area contributed by atoms with E-state index in [-0.39, 0.29) is 6.42 Å². The van der Waals surface area contributed by atoms with E-state index in [4.69, 9.17) is 18.9 Å². The van der Waals surface area contributed by atoms with Crippen molar-refractivity contribution in [3.63, 3.8) is 0 Å². The number of urea groups is 1. The van der Waals surface area contributed by atoms with Crippen LogP contribution in [0.25, 0.3) is 0 Å². The maximum atomic E-state index is 11.8. The van der Waals surface area contributed by atoms with Crippen LogP contribution < -0.4 is 24.8 Å². The van der Waals surface area contributed by atoms with Crippen LogP contribution in [0.5, 0.6) is 17.2 Å². The molecule has 150 valence electrons. The Balaban J connectivity index is 2.50. The van der Waals surface area contributed by atoms with E-state index in [1.54, 1.807) is 12.1 Å². The Morgan fingerprint density at radius 2 is 1.63 bits per heavy atom. The topological polar surface area (TPSA) is 112 Å². The number of aryl methyl sites for hydroxylation is 1. The van der Waals surface area contributed by atoms with Gasteiger partial charge in [-0.3, -0.25) is 14.9 Å². The number of nitrogens with one attached hydrogen (secondary N) is 2. The Hall–Kier alpha value is -2.97. The smallest absolute Gasteiger partial charge is 0.321 e. The Bertz CT molecular complexity index is 636. The monoisotopic (exact) mass is 382 g/mol. The highest BCUT2D eigenvalue weighted by Crippen LogP contribution is 2.38. The highest BCUT2D eigenvalue weighted by Gasteiger charge is 2.15. The van der Waals surface area contributed by atoms with Gasteiger partial charge in [0.15, 0.2) is 18.1 Å². The van der Waals surface area contributed by atoms with Crippen LogP contribution in [0.1, 0.15) is 25.3 Å². The first-order valence-electron chi connectivity index (χ1n) is 8.47. The SMILES string of the molecule is CCCNC(=O)NC(=O)COC(=O)CCc1cc(OC)c(OC)c(OC)c1. The number of amides is 3. The second kappa shape index (κ2) is 11.6. The van der Waals surface area contributed by atoms with Gasteiger partial charge in [-0.15, -0.1) is 0 Å². The molecule has 0 heterocycles. The third-order valence-corrected chi connectivity index (χ3v) is 3.50. The summed E-state index contributed by atoms with van der Waals surface area (Å²) in [4.78, 5) is 34.7. The van der Waals surface area contributed by atoms with Crippen molar-refractivity contribution in [2.75, 3.05) is 34.5 Å². The van der Waals surface area contributed by atoms with Crippen molar-refractivity contribution >= 4 is 17.9 Å². The summed E-state index contributed by atoms with van der Waals surface area (Å²) in [7, 11) is 4.51.